The smallest absolute Gasteiger partial charge is 0.410 e. The third kappa shape index (κ3) is 5.37. The molecule has 1 aliphatic carbocycles. The Morgan fingerprint density at radius 2 is 2.00 bits per heavy atom. The van der Waals surface area contributed by atoms with E-state index in [0.29, 0.717) is 0 Å². The Morgan fingerprint density at radius 3 is 2.55 bits per heavy atom. The summed E-state index contributed by atoms with van der Waals surface area (Å²) in [5, 5.41) is 11.9. The quantitative estimate of drug-likeness (QED) is 0.512. The van der Waals surface area contributed by atoms with E-state index in [2.05, 4.69) is 11.1 Å². The van der Waals surface area contributed by atoms with Gasteiger partial charge in [-0.1, -0.05) is 19.9 Å². The van der Waals surface area contributed by atoms with Crippen LogP contribution in [0, 0.1) is 10.1 Å². The lowest BCUT2D eigenvalue weighted by Crippen LogP contribution is -2.41. The average molecular weight is 402 g/mol. The molecule has 0 bridgehead atoms. The summed E-state index contributed by atoms with van der Waals surface area (Å²) >= 11 is 0. The van der Waals surface area contributed by atoms with Crippen molar-refractivity contribution >= 4 is 28.3 Å². The third-order valence-electron chi connectivity index (χ3n) is 4.83. The molecule has 1 aliphatic rings. The summed E-state index contributed by atoms with van der Waals surface area (Å²) in [5.74, 6) is 0. The minimum atomic E-state index is -0.514. The minimum absolute atomic E-state index is 0.0855. The van der Waals surface area contributed by atoms with Crippen molar-refractivity contribution in [3.8, 4) is 0 Å². The van der Waals surface area contributed by atoms with Crippen LogP contribution in [0.15, 0.2) is 30.5 Å². The number of nitrogens with one attached hydrogen (secondary N) is 1. The van der Waals surface area contributed by atoms with E-state index in [1.807, 2.05) is 40.8 Å². The van der Waals surface area contributed by atoms with Crippen LogP contribution in [0.2, 0.25) is 0 Å². The molecule has 1 amide bonds. The number of carbonyl (C=O) groups excluding carboxylic acids is 1. The number of nitro benzene ring substituents is 1. The van der Waals surface area contributed by atoms with Gasteiger partial charge in [-0.2, -0.15) is 0 Å². The van der Waals surface area contributed by atoms with Gasteiger partial charge in [0.25, 0.3) is 5.69 Å². The average Bonchev–Trinajstić information content (AvgIpc) is 3.11. The summed E-state index contributed by atoms with van der Waals surface area (Å²) in [4.78, 5) is 27.8. The zero-order valence-electron chi connectivity index (χ0n) is 18.1. The number of amides is 1. The molecule has 1 aromatic carbocycles. The molecule has 1 aromatic heterocycles. The van der Waals surface area contributed by atoms with Gasteiger partial charge in [0, 0.05) is 47.9 Å². The molecule has 158 valence electrons. The number of nitrogens with zero attached hydrogens (tertiary/aromatic N) is 2. The number of non-ortho nitro benzene ring substituents is 1. The fourth-order valence-electron chi connectivity index (χ4n) is 3.39. The lowest BCUT2D eigenvalue weighted by atomic mass is 9.90. The van der Waals surface area contributed by atoms with E-state index in [0.717, 1.165) is 41.3 Å². The van der Waals surface area contributed by atoms with Crippen molar-refractivity contribution in [1.29, 1.82) is 0 Å². The number of H-pyrrole nitrogens is 1. The van der Waals surface area contributed by atoms with Crippen LogP contribution in [0.1, 0.15) is 59.4 Å². The summed E-state index contributed by atoms with van der Waals surface area (Å²) in [5.41, 5.74) is 2.59. The summed E-state index contributed by atoms with van der Waals surface area (Å²) in [6.45, 7) is 9.56. The van der Waals surface area contributed by atoms with E-state index in [4.69, 9.17) is 4.74 Å². The number of carbonyl (C=O) groups is 1. The second-order valence-corrected chi connectivity index (χ2v) is 7.94. The second kappa shape index (κ2) is 9.11. The molecule has 0 saturated heterocycles. The van der Waals surface area contributed by atoms with E-state index in [1.165, 1.54) is 6.07 Å². The molecule has 7 heteroatoms. The number of hydrogen-bond donors (Lipinski definition) is 1. The van der Waals surface area contributed by atoms with Crippen molar-refractivity contribution in [2.75, 3.05) is 7.05 Å². The summed E-state index contributed by atoms with van der Waals surface area (Å²) in [7, 11) is 1.77. The fraction of sp³-hybridized carbons (Fsp3) is 0.500. The van der Waals surface area contributed by atoms with Gasteiger partial charge in [0.1, 0.15) is 5.60 Å². The first-order valence-electron chi connectivity index (χ1n) is 10.1. The normalized spacial score (nSPS) is 16.5. The SMILES string of the molecule is CC.CN(C(=O)OC(C)(C)C)C1CC=C(c2c[nH]c3ccc([N+](=O)[O-])cc23)CC1. The second-order valence-electron chi connectivity index (χ2n) is 7.94. The van der Waals surface area contributed by atoms with Crippen LogP contribution < -0.4 is 0 Å². The number of rotatable bonds is 3. The first-order chi connectivity index (χ1) is 13.7. The van der Waals surface area contributed by atoms with Crippen molar-refractivity contribution in [2.24, 2.45) is 0 Å². The Bertz CT molecular complexity index is 908. The van der Waals surface area contributed by atoms with Crippen LogP contribution in [0.3, 0.4) is 0 Å². The van der Waals surface area contributed by atoms with Gasteiger partial charge in [-0.15, -0.1) is 0 Å². The number of ether oxygens (including phenoxy) is 1. The third-order valence-corrected chi connectivity index (χ3v) is 4.83. The fourth-order valence-corrected chi connectivity index (χ4v) is 3.39. The molecule has 1 heterocycles. The van der Waals surface area contributed by atoms with Gasteiger partial charge in [0.2, 0.25) is 0 Å². The lowest BCUT2D eigenvalue weighted by Gasteiger charge is -2.32. The highest BCUT2D eigenvalue weighted by atomic mass is 16.6. The van der Waals surface area contributed by atoms with Crippen LogP contribution in [0.5, 0.6) is 0 Å². The van der Waals surface area contributed by atoms with Crippen LogP contribution in [-0.4, -0.2) is 39.6 Å². The number of aromatic nitrogens is 1. The predicted octanol–water partition coefficient (Wildman–Crippen LogP) is 5.91. The van der Waals surface area contributed by atoms with E-state index in [-0.39, 0.29) is 22.7 Å². The molecular weight excluding hydrogens is 370 g/mol. The van der Waals surface area contributed by atoms with Crippen molar-refractivity contribution in [1.82, 2.24) is 9.88 Å². The minimum Gasteiger partial charge on any atom is -0.444 e. The molecule has 1 unspecified atom stereocenters. The number of fused-ring (bicyclic) bond motifs is 1. The number of aromatic amines is 1. The van der Waals surface area contributed by atoms with Gasteiger partial charge in [0.15, 0.2) is 0 Å². The maximum Gasteiger partial charge on any atom is 0.410 e. The molecule has 0 aliphatic heterocycles. The summed E-state index contributed by atoms with van der Waals surface area (Å²) in [6, 6.07) is 4.94. The van der Waals surface area contributed by atoms with Gasteiger partial charge in [-0.25, -0.2) is 4.79 Å². The molecule has 3 rings (SSSR count). The van der Waals surface area contributed by atoms with Crippen molar-refractivity contribution in [3.63, 3.8) is 0 Å². The molecular formula is C22H31N3O4. The van der Waals surface area contributed by atoms with Gasteiger partial charge in [-0.05, 0) is 51.7 Å². The summed E-state index contributed by atoms with van der Waals surface area (Å²) < 4.78 is 5.44. The highest BCUT2D eigenvalue weighted by Crippen LogP contribution is 2.34. The Hall–Kier alpha value is -2.83. The van der Waals surface area contributed by atoms with Crippen LogP contribution in [0.25, 0.3) is 16.5 Å². The van der Waals surface area contributed by atoms with E-state index >= 15 is 0 Å². The molecule has 1 atom stereocenters. The maximum atomic E-state index is 12.3. The largest absolute Gasteiger partial charge is 0.444 e. The van der Waals surface area contributed by atoms with Crippen LogP contribution in [-0.2, 0) is 4.74 Å². The predicted molar refractivity (Wildman–Crippen MR) is 116 cm³/mol. The highest BCUT2D eigenvalue weighted by Gasteiger charge is 2.27. The topological polar surface area (TPSA) is 88.5 Å². The highest BCUT2D eigenvalue weighted by molar-refractivity contribution is 5.94. The molecule has 2 aromatic rings. The van der Waals surface area contributed by atoms with Crippen molar-refractivity contribution < 1.29 is 14.5 Å². The molecule has 0 spiro atoms. The standard InChI is InChI=1S/C20H25N3O4.C2H6/c1-20(2,3)27-19(24)22(4)14-7-5-13(6-8-14)17-12-21-18-10-9-15(23(25)26)11-16(17)18;1-2/h5,9-12,14,21H,6-8H2,1-4H3;1-2H3. The molecule has 7 nitrogen and oxygen atoms in total. The Balaban J connectivity index is 0.00000145. The first kappa shape index (κ1) is 22.5. The maximum absolute atomic E-state index is 12.3. The number of allylic oxidation sites excluding steroid dienone is 1. The summed E-state index contributed by atoms with van der Waals surface area (Å²) in [6.07, 6.45) is 6.06. The zero-order valence-corrected chi connectivity index (χ0v) is 18.1. The van der Waals surface area contributed by atoms with E-state index in [1.54, 1.807) is 24.1 Å². The van der Waals surface area contributed by atoms with Gasteiger partial charge in [-0.3, -0.25) is 10.1 Å². The van der Waals surface area contributed by atoms with Gasteiger partial charge >= 0.3 is 6.09 Å². The molecule has 29 heavy (non-hydrogen) atoms. The Labute approximate surface area is 171 Å². The van der Waals surface area contributed by atoms with Crippen LogP contribution in [0.4, 0.5) is 10.5 Å². The number of hydrogen-bond acceptors (Lipinski definition) is 4. The molecule has 1 N–H and O–H groups in total. The monoisotopic (exact) mass is 401 g/mol. The van der Waals surface area contributed by atoms with E-state index < -0.39 is 5.60 Å². The van der Waals surface area contributed by atoms with Crippen LogP contribution >= 0.6 is 0 Å². The first-order valence-corrected chi connectivity index (χ1v) is 10.1. The number of benzene rings is 1. The lowest BCUT2D eigenvalue weighted by molar-refractivity contribution is -0.384. The molecule has 0 saturated carbocycles. The van der Waals surface area contributed by atoms with E-state index in [9.17, 15) is 14.9 Å². The van der Waals surface area contributed by atoms with Crippen molar-refractivity contribution in [2.45, 2.75) is 65.5 Å². The van der Waals surface area contributed by atoms with Gasteiger partial charge < -0.3 is 14.6 Å². The molecule has 0 fully saturated rings. The molecule has 0 radical (unpaired) electrons. The zero-order chi connectivity index (χ0) is 21.8. The van der Waals surface area contributed by atoms with Gasteiger partial charge in [0.05, 0.1) is 4.92 Å². The Kier molecular flexibility index (Phi) is 7.06. The Morgan fingerprint density at radius 1 is 1.31 bits per heavy atom. The van der Waals surface area contributed by atoms with Crippen molar-refractivity contribution in [3.05, 3.63) is 46.1 Å². The number of nitro groups is 1.